The summed E-state index contributed by atoms with van der Waals surface area (Å²) in [6.07, 6.45) is 7.21. The molecule has 2 atom stereocenters. The molecule has 3 N–H and O–H groups in total. The highest BCUT2D eigenvalue weighted by Crippen LogP contribution is 2.35. The van der Waals surface area contributed by atoms with Crippen molar-refractivity contribution in [1.82, 2.24) is 20.9 Å². The van der Waals surface area contributed by atoms with Crippen LogP contribution in [-0.4, -0.2) is 48.7 Å². The average Bonchev–Trinajstić information content (AvgIpc) is 2.52. The number of nitrogens with one attached hydrogen (secondary N) is 3. The minimum atomic E-state index is -0.233. The molecule has 138 valence electrons. The second-order valence-corrected chi connectivity index (χ2v) is 8.26. The maximum absolute atomic E-state index is 12.3. The smallest absolute Gasteiger partial charge is 0.317 e. The van der Waals surface area contributed by atoms with E-state index in [2.05, 4.69) is 16.0 Å². The van der Waals surface area contributed by atoms with Crippen molar-refractivity contribution in [2.45, 2.75) is 64.8 Å². The number of likely N-dealkylation sites (tertiary alicyclic amines) is 1. The number of carbonyl (C=O) groups excluding carboxylic acids is 2. The van der Waals surface area contributed by atoms with E-state index in [0.29, 0.717) is 19.0 Å². The van der Waals surface area contributed by atoms with Crippen LogP contribution in [0, 0.1) is 11.8 Å². The number of nitrogens with zero attached hydrogens (tertiary/aromatic N) is 1. The summed E-state index contributed by atoms with van der Waals surface area (Å²) >= 11 is 0. The highest BCUT2D eigenvalue weighted by atomic mass is 16.2. The van der Waals surface area contributed by atoms with Crippen LogP contribution in [0.15, 0.2) is 0 Å². The Kier molecular flexibility index (Phi) is 6.75. The Balaban J connectivity index is 1.57. The van der Waals surface area contributed by atoms with Gasteiger partial charge in [0.2, 0.25) is 0 Å². The topological polar surface area (TPSA) is 73.5 Å². The van der Waals surface area contributed by atoms with Gasteiger partial charge in [-0.25, -0.2) is 9.59 Å². The van der Waals surface area contributed by atoms with E-state index >= 15 is 0 Å². The molecule has 0 aromatic rings. The Morgan fingerprint density at radius 3 is 2.38 bits per heavy atom. The molecule has 0 bridgehead atoms. The molecule has 6 nitrogen and oxygen atoms in total. The molecule has 0 aromatic carbocycles. The zero-order valence-corrected chi connectivity index (χ0v) is 15.5. The molecule has 1 aliphatic carbocycles. The molecule has 1 heterocycles. The highest BCUT2D eigenvalue weighted by molar-refractivity contribution is 5.75. The van der Waals surface area contributed by atoms with Gasteiger partial charge in [-0.3, -0.25) is 0 Å². The summed E-state index contributed by atoms with van der Waals surface area (Å²) in [6, 6.07) is -0.105. The van der Waals surface area contributed by atoms with E-state index in [0.717, 1.165) is 31.8 Å². The molecule has 2 rings (SSSR count). The van der Waals surface area contributed by atoms with Crippen molar-refractivity contribution < 1.29 is 9.59 Å². The Morgan fingerprint density at radius 1 is 1.00 bits per heavy atom. The molecule has 2 aliphatic rings. The summed E-state index contributed by atoms with van der Waals surface area (Å²) in [5.41, 5.74) is -0.233. The molecular weight excluding hydrogens is 304 g/mol. The van der Waals surface area contributed by atoms with Crippen LogP contribution >= 0.6 is 0 Å². The lowest BCUT2D eigenvalue weighted by Gasteiger charge is -2.41. The number of amides is 4. The van der Waals surface area contributed by atoms with Gasteiger partial charge in [-0.2, -0.15) is 0 Å². The monoisotopic (exact) mass is 338 g/mol. The molecular formula is C18H34N4O2. The Hall–Kier alpha value is -1.46. The normalized spacial score (nSPS) is 24.0. The SMILES string of the molecule is CC(C)(C)NC(=O)NCCCNC(=O)N1CCC2CCCCC2C1. The van der Waals surface area contributed by atoms with Gasteiger partial charge >= 0.3 is 12.1 Å². The standard InChI is InChI=1S/C18H34N4O2/c1-18(2,3)21-16(23)19-10-6-11-20-17(24)22-12-9-14-7-4-5-8-15(14)13-22/h14-15H,4-13H2,1-3H3,(H,20,24)(H2,19,21,23). The van der Waals surface area contributed by atoms with Crippen LogP contribution in [0.5, 0.6) is 0 Å². The van der Waals surface area contributed by atoms with Gasteiger partial charge in [0.1, 0.15) is 0 Å². The summed E-state index contributed by atoms with van der Waals surface area (Å²) in [6.45, 7) is 8.81. The van der Waals surface area contributed by atoms with Gasteiger partial charge in [0.25, 0.3) is 0 Å². The third-order valence-electron chi connectivity index (χ3n) is 4.98. The summed E-state index contributed by atoms with van der Waals surface area (Å²) in [5, 5.41) is 8.65. The van der Waals surface area contributed by atoms with Crippen molar-refractivity contribution in [3.05, 3.63) is 0 Å². The van der Waals surface area contributed by atoms with E-state index in [9.17, 15) is 9.59 Å². The fourth-order valence-corrected chi connectivity index (χ4v) is 3.77. The van der Waals surface area contributed by atoms with E-state index in [1.54, 1.807) is 0 Å². The van der Waals surface area contributed by atoms with Gasteiger partial charge < -0.3 is 20.9 Å². The van der Waals surface area contributed by atoms with Crippen LogP contribution in [0.1, 0.15) is 59.3 Å². The molecule has 2 fully saturated rings. The van der Waals surface area contributed by atoms with Gasteiger partial charge in [-0.05, 0) is 51.9 Å². The third kappa shape index (κ3) is 6.21. The van der Waals surface area contributed by atoms with Gasteiger partial charge in [-0.1, -0.05) is 19.3 Å². The van der Waals surface area contributed by atoms with Gasteiger partial charge in [0.15, 0.2) is 0 Å². The van der Waals surface area contributed by atoms with E-state index in [1.807, 2.05) is 25.7 Å². The first-order chi connectivity index (χ1) is 11.3. The number of urea groups is 2. The summed E-state index contributed by atoms with van der Waals surface area (Å²) in [5.74, 6) is 1.55. The number of piperidine rings is 1. The zero-order valence-electron chi connectivity index (χ0n) is 15.5. The highest BCUT2D eigenvalue weighted by Gasteiger charge is 2.32. The summed E-state index contributed by atoms with van der Waals surface area (Å²) in [4.78, 5) is 25.9. The first-order valence-corrected chi connectivity index (χ1v) is 9.44. The average molecular weight is 338 g/mol. The molecule has 1 saturated carbocycles. The maximum atomic E-state index is 12.3. The van der Waals surface area contributed by atoms with E-state index < -0.39 is 0 Å². The van der Waals surface area contributed by atoms with Crippen molar-refractivity contribution in [2.75, 3.05) is 26.2 Å². The Labute approximate surface area is 146 Å². The molecule has 4 amide bonds. The van der Waals surface area contributed by atoms with Crippen molar-refractivity contribution in [3.8, 4) is 0 Å². The maximum Gasteiger partial charge on any atom is 0.317 e. The number of hydrogen-bond donors (Lipinski definition) is 3. The molecule has 2 unspecified atom stereocenters. The Morgan fingerprint density at radius 2 is 1.67 bits per heavy atom. The van der Waals surface area contributed by atoms with Crippen LogP contribution in [0.3, 0.4) is 0 Å². The molecule has 0 spiro atoms. The number of hydrogen-bond acceptors (Lipinski definition) is 2. The second-order valence-electron chi connectivity index (χ2n) is 8.26. The fourth-order valence-electron chi connectivity index (χ4n) is 3.77. The van der Waals surface area contributed by atoms with Crippen LogP contribution in [0.4, 0.5) is 9.59 Å². The predicted octanol–water partition coefficient (Wildman–Crippen LogP) is 2.70. The van der Waals surface area contributed by atoms with Crippen LogP contribution < -0.4 is 16.0 Å². The fraction of sp³-hybridized carbons (Fsp3) is 0.889. The molecule has 1 aliphatic heterocycles. The minimum Gasteiger partial charge on any atom is -0.338 e. The summed E-state index contributed by atoms with van der Waals surface area (Å²) in [7, 11) is 0. The number of fused-ring (bicyclic) bond motifs is 1. The zero-order chi connectivity index (χ0) is 17.6. The second kappa shape index (κ2) is 8.58. The predicted molar refractivity (Wildman–Crippen MR) is 95.9 cm³/mol. The number of carbonyl (C=O) groups is 2. The molecule has 1 saturated heterocycles. The van der Waals surface area contributed by atoms with Crippen molar-refractivity contribution in [1.29, 1.82) is 0 Å². The first-order valence-electron chi connectivity index (χ1n) is 9.44. The van der Waals surface area contributed by atoms with Gasteiger partial charge in [-0.15, -0.1) is 0 Å². The lowest BCUT2D eigenvalue weighted by atomic mass is 9.75. The van der Waals surface area contributed by atoms with Gasteiger partial charge in [0, 0.05) is 31.7 Å². The molecule has 0 radical (unpaired) electrons. The van der Waals surface area contributed by atoms with Gasteiger partial charge in [0.05, 0.1) is 0 Å². The lowest BCUT2D eigenvalue weighted by molar-refractivity contribution is 0.102. The van der Waals surface area contributed by atoms with Crippen LogP contribution in [0.2, 0.25) is 0 Å². The van der Waals surface area contributed by atoms with Crippen LogP contribution in [0.25, 0.3) is 0 Å². The molecule has 24 heavy (non-hydrogen) atoms. The van der Waals surface area contributed by atoms with Crippen LogP contribution in [-0.2, 0) is 0 Å². The first kappa shape index (κ1) is 18.9. The third-order valence-corrected chi connectivity index (χ3v) is 4.98. The minimum absolute atomic E-state index is 0.0539. The lowest BCUT2D eigenvalue weighted by Crippen LogP contribution is -2.49. The van der Waals surface area contributed by atoms with E-state index in [-0.39, 0.29) is 17.6 Å². The summed E-state index contributed by atoms with van der Waals surface area (Å²) < 4.78 is 0. The van der Waals surface area contributed by atoms with Crippen molar-refractivity contribution in [3.63, 3.8) is 0 Å². The quantitative estimate of drug-likeness (QED) is 0.690. The van der Waals surface area contributed by atoms with Crippen molar-refractivity contribution in [2.24, 2.45) is 11.8 Å². The molecule has 0 aromatic heterocycles. The largest absolute Gasteiger partial charge is 0.338 e. The number of rotatable bonds is 4. The van der Waals surface area contributed by atoms with Crippen molar-refractivity contribution >= 4 is 12.1 Å². The Bertz CT molecular complexity index is 433. The van der Waals surface area contributed by atoms with E-state index in [1.165, 1.54) is 25.7 Å². The van der Waals surface area contributed by atoms with E-state index in [4.69, 9.17) is 0 Å². The molecule has 6 heteroatoms.